The van der Waals surface area contributed by atoms with Gasteiger partial charge in [-0.1, -0.05) is 244 Å². The van der Waals surface area contributed by atoms with Crippen molar-refractivity contribution in [2.75, 3.05) is 6.61 Å². The summed E-state index contributed by atoms with van der Waals surface area (Å²) in [6.45, 7) is 4.23. The van der Waals surface area contributed by atoms with Gasteiger partial charge in [-0.2, -0.15) is 0 Å². The first kappa shape index (κ1) is 51.1. The van der Waals surface area contributed by atoms with E-state index in [0.717, 1.165) is 25.7 Å². The molecule has 0 rings (SSSR count). The molecule has 4 N–H and O–H groups in total. The van der Waals surface area contributed by atoms with Crippen molar-refractivity contribution in [3.05, 3.63) is 12.2 Å². The van der Waals surface area contributed by atoms with Gasteiger partial charge in [-0.3, -0.25) is 4.79 Å². The molecule has 5 heteroatoms. The van der Waals surface area contributed by atoms with E-state index in [1.165, 1.54) is 205 Å². The van der Waals surface area contributed by atoms with Gasteiger partial charge >= 0.3 is 0 Å². The van der Waals surface area contributed by atoms with E-state index in [1.54, 1.807) is 6.08 Å². The van der Waals surface area contributed by atoms with Gasteiger partial charge in [0.2, 0.25) is 5.91 Å². The molecule has 310 valence electrons. The lowest BCUT2D eigenvalue weighted by Crippen LogP contribution is -2.45. The zero-order chi connectivity index (χ0) is 38.0. The van der Waals surface area contributed by atoms with Crippen LogP contribution in [0.2, 0.25) is 0 Å². The minimum absolute atomic E-state index is 0.0185. The SMILES string of the molecule is CCCCCCCCCCCCCCCCCCCCCCCC/C=C/C(O)C(CO)NC(=O)CC(O)CCCCCCCCCCCCCCC. The molecular weight excluding hydrogens is 643 g/mol. The van der Waals surface area contributed by atoms with Crippen molar-refractivity contribution < 1.29 is 20.1 Å². The molecule has 0 saturated carbocycles. The molecule has 3 unspecified atom stereocenters. The van der Waals surface area contributed by atoms with E-state index in [1.807, 2.05) is 6.08 Å². The van der Waals surface area contributed by atoms with Crippen LogP contribution < -0.4 is 5.32 Å². The molecule has 3 atom stereocenters. The van der Waals surface area contributed by atoms with Gasteiger partial charge in [0, 0.05) is 0 Å². The maximum Gasteiger partial charge on any atom is 0.222 e. The molecule has 0 aliphatic rings. The highest BCUT2D eigenvalue weighted by Crippen LogP contribution is 2.17. The molecule has 0 heterocycles. The van der Waals surface area contributed by atoms with E-state index in [4.69, 9.17) is 0 Å². The Balaban J connectivity index is 3.58. The smallest absolute Gasteiger partial charge is 0.222 e. The molecule has 0 fully saturated rings. The van der Waals surface area contributed by atoms with Gasteiger partial charge in [-0.05, 0) is 19.3 Å². The maximum atomic E-state index is 12.4. The fraction of sp³-hybridized carbons (Fsp3) is 0.936. The number of aliphatic hydroxyl groups excluding tert-OH is 3. The highest BCUT2D eigenvalue weighted by atomic mass is 16.3. The predicted molar refractivity (Wildman–Crippen MR) is 227 cm³/mol. The Morgan fingerprint density at radius 2 is 0.788 bits per heavy atom. The Morgan fingerprint density at radius 1 is 0.481 bits per heavy atom. The van der Waals surface area contributed by atoms with Gasteiger partial charge < -0.3 is 20.6 Å². The van der Waals surface area contributed by atoms with Gasteiger partial charge in [0.05, 0.1) is 31.3 Å². The molecule has 0 spiro atoms. The number of nitrogens with one attached hydrogen (secondary N) is 1. The van der Waals surface area contributed by atoms with E-state index in [0.29, 0.717) is 6.42 Å². The monoisotopic (exact) mass is 736 g/mol. The lowest BCUT2D eigenvalue weighted by molar-refractivity contribution is -0.124. The Bertz CT molecular complexity index is 728. The van der Waals surface area contributed by atoms with Crippen LogP contribution in [0.5, 0.6) is 0 Å². The maximum absolute atomic E-state index is 12.4. The summed E-state index contributed by atoms with van der Waals surface area (Å²) in [6, 6.07) is -0.739. The average molecular weight is 736 g/mol. The fourth-order valence-corrected chi connectivity index (χ4v) is 7.46. The summed E-state index contributed by atoms with van der Waals surface area (Å²) in [4.78, 5) is 12.4. The van der Waals surface area contributed by atoms with Crippen LogP contribution in [-0.4, -0.2) is 46.1 Å². The molecule has 0 radical (unpaired) electrons. The summed E-state index contributed by atoms with van der Waals surface area (Å²) >= 11 is 0. The van der Waals surface area contributed by atoms with Crippen LogP contribution in [0.3, 0.4) is 0 Å². The van der Waals surface area contributed by atoms with Crippen molar-refractivity contribution >= 4 is 5.91 Å². The van der Waals surface area contributed by atoms with Crippen LogP contribution in [0, 0.1) is 0 Å². The largest absolute Gasteiger partial charge is 0.394 e. The second-order valence-electron chi connectivity index (χ2n) is 16.4. The lowest BCUT2D eigenvalue weighted by atomic mass is 10.0. The summed E-state index contributed by atoms with van der Waals surface area (Å²) in [6.07, 6.45) is 50.8. The number of carbonyl (C=O) groups is 1. The molecule has 1 amide bonds. The molecule has 0 aromatic rings. The minimum atomic E-state index is -0.924. The van der Waals surface area contributed by atoms with Crippen molar-refractivity contribution in [1.82, 2.24) is 5.32 Å². The number of rotatable bonds is 43. The molecule has 0 aliphatic carbocycles. The molecule has 0 aromatic heterocycles. The zero-order valence-electron chi connectivity index (χ0n) is 35.2. The standard InChI is InChI=1S/C47H93NO4/c1-3-5-7-9-11-13-15-17-18-19-20-21-22-23-24-25-26-27-29-31-33-35-37-39-41-46(51)45(43-49)48-47(52)42-44(50)40-38-36-34-32-30-28-16-14-12-10-8-6-4-2/h39,41,44-46,49-51H,3-38,40,42-43H2,1-2H3,(H,48,52)/b41-39+. The van der Waals surface area contributed by atoms with Crippen molar-refractivity contribution in [2.24, 2.45) is 0 Å². The van der Waals surface area contributed by atoms with Crippen LogP contribution in [0.1, 0.15) is 258 Å². The van der Waals surface area contributed by atoms with E-state index in [-0.39, 0.29) is 18.9 Å². The summed E-state index contributed by atoms with van der Waals surface area (Å²) in [5.74, 6) is -0.312. The minimum Gasteiger partial charge on any atom is -0.394 e. The number of aliphatic hydroxyl groups is 3. The first-order chi connectivity index (χ1) is 25.5. The zero-order valence-corrected chi connectivity index (χ0v) is 35.2. The van der Waals surface area contributed by atoms with Crippen LogP contribution in [0.15, 0.2) is 12.2 Å². The Labute approximate surface area is 325 Å². The van der Waals surface area contributed by atoms with Crippen LogP contribution in [0.4, 0.5) is 0 Å². The molecule has 0 saturated heterocycles. The predicted octanol–water partition coefficient (Wildman–Crippen LogP) is 13.6. The average Bonchev–Trinajstić information content (AvgIpc) is 3.14. The first-order valence-corrected chi connectivity index (χ1v) is 23.5. The Kier molecular flexibility index (Phi) is 42.1. The second-order valence-corrected chi connectivity index (χ2v) is 16.4. The third kappa shape index (κ3) is 38.8. The third-order valence-electron chi connectivity index (χ3n) is 11.1. The summed E-state index contributed by atoms with van der Waals surface area (Å²) < 4.78 is 0. The van der Waals surface area contributed by atoms with Crippen LogP contribution in [0.25, 0.3) is 0 Å². The van der Waals surface area contributed by atoms with Crippen molar-refractivity contribution in [3.8, 4) is 0 Å². The van der Waals surface area contributed by atoms with Crippen LogP contribution >= 0.6 is 0 Å². The molecule has 5 nitrogen and oxygen atoms in total. The van der Waals surface area contributed by atoms with Gasteiger partial charge in [-0.25, -0.2) is 0 Å². The van der Waals surface area contributed by atoms with E-state index in [2.05, 4.69) is 19.2 Å². The summed E-state index contributed by atoms with van der Waals surface area (Å²) in [5.41, 5.74) is 0. The number of hydrogen-bond acceptors (Lipinski definition) is 4. The molecule has 0 bridgehead atoms. The van der Waals surface area contributed by atoms with Crippen LogP contribution in [-0.2, 0) is 4.79 Å². The second kappa shape index (κ2) is 42.8. The Hall–Kier alpha value is -0.910. The van der Waals surface area contributed by atoms with E-state index in [9.17, 15) is 20.1 Å². The third-order valence-corrected chi connectivity index (χ3v) is 11.1. The van der Waals surface area contributed by atoms with Crippen molar-refractivity contribution in [2.45, 2.75) is 276 Å². The molecule has 52 heavy (non-hydrogen) atoms. The number of carbonyl (C=O) groups excluding carboxylic acids is 1. The number of hydrogen-bond donors (Lipinski definition) is 4. The highest BCUT2D eigenvalue weighted by molar-refractivity contribution is 5.76. The highest BCUT2D eigenvalue weighted by Gasteiger charge is 2.20. The van der Waals surface area contributed by atoms with E-state index < -0.39 is 18.2 Å². The molecular formula is C47H93NO4. The Morgan fingerprint density at radius 3 is 1.12 bits per heavy atom. The normalized spacial score (nSPS) is 13.6. The van der Waals surface area contributed by atoms with Gasteiger partial charge in [0.15, 0.2) is 0 Å². The number of allylic oxidation sites excluding steroid dienone is 1. The number of amides is 1. The quantitative estimate of drug-likeness (QED) is 0.0371. The van der Waals surface area contributed by atoms with Gasteiger partial charge in [0.1, 0.15) is 0 Å². The molecule has 0 aromatic carbocycles. The summed E-state index contributed by atoms with van der Waals surface area (Å²) in [7, 11) is 0. The fourth-order valence-electron chi connectivity index (χ4n) is 7.46. The van der Waals surface area contributed by atoms with Gasteiger partial charge in [-0.15, -0.1) is 0 Å². The molecule has 0 aliphatic heterocycles. The summed E-state index contributed by atoms with van der Waals surface area (Å²) in [5, 5.41) is 33.2. The number of unbranched alkanes of at least 4 members (excludes halogenated alkanes) is 34. The van der Waals surface area contributed by atoms with Crippen molar-refractivity contribution in [3.63, 3.8) is 0 Å². The topological polar surface area (TPSA) is 89.8 Å². The van der Waals surface area contributed by atoms with Gasteiger partial charge in [0.25, 0.3) is 0 Å². The van der Waals surface area contributed by atoms with Crippen molar-refractivity contribution in [1.29, 1.82) is 0 Å². The first-order valence-electron chi connectivity index (χ1n) is 23.5. The lowest BCUT2D eigenvalue weighted by Gasteiger charge is -2.21. The van der Waals surface area contributed by atoms with E-state index >= 15 is 0 Å².